The van der Waals surface area contributed by atoms with Crippen LogP contribution in [0.25, 0.3) is 11.0 Å². The van der Waals surface area contributed by atoms with Gasteiger partial charge in [0.2, 0.25) is 5.76 Å². The molecule has 9 heteroatoms. The second-order valence-corrected chi connectivity index (χ2v) is 8.93. The molecule has 0 aliphatic carbocycles. The van der Waals surface area contributed by atoms with E-state index in [-0.39, 0.29) is 28.0 Å². The Labute approximate surface area is 218 Å². The van der Waals surface area contributed by atoms with Gasteiger partial charge in [-0.3, -0.25) is 14.5 Å². The zero-order valence-electron chi connectivity index (χ0n) is 19.9. The number of para-hydroxylation sites is 1. The van der Waals surface area contributed by atoms with Crippen LogP contribution in [-0.4, -0.2) is 5.91 Å². The van der Waals surface area contributed by atoms with Crippen LogP contribution in [0.2, 0.25) is 0 Å². The van der Waals surface area contributed by atoms with E-state index in [1.165, 1.54) is 18.2 Å². The molecule has 0 bridgehead atoms. The molecule has 0 fully saturated rings. The standard InChI is InChI=1S/C30H17F4NO4/c31-19-12-13-24-23(16-19)27(36)25-26(17-6-4-11-22(14-17)38-21-9-2-1-3-10-21)35(29(37)28(25)39-24)20-8-5-7-18(15-20)30(32,33)34/h1-16,26H. The molecule has 1 aliphatic heterocycles. The summed E-state index contributed by atoms with van der Waals surface area (Å²) >= 11 is 0. The number of nitrogens with zero attached hydrogens (tertiary/aromatic N) is 1. The number of amides is 1. The minimum Gasteiger partial charge on any atom is -0.457 e. The maximum Gasteiger partial charge on any atom is 0.416 e. The van der Waals surface area contributed by atoms with Crippen LogP contribution in [0, 0.1) is 5.82 Å². The SMILES string of the molecule is O=C1c2oc3ccc(F)cc3c(=O)c2C(c2cccc(Oc3ccccc3)c2)N1c1cccc(C(F)(F)F)c1. The molecule has 1 atom stereocenters. The molecule has 0 spiro atoms. The molecule has 0 N–H and O–H groups in total. The van der Waals surface area contributed by atoms with E-state index in [2.05, 4.69) is 0 Å². The molecule has 39 heavy (non-hydrogen) atoms. The summed E-state index contributed by atoms with van der Waals surface area (Å²) in [6, 6.07) is 21.8. The van der Waals surface area contributed by atoms with Crippen molar-refractivity contribution in [1.82, 2.24) is 0 Å². The zero-order chi connectivity index (χ0) is 27.3. The molecule has 5 nitrogen and oxygen atoms in total. The summed E-state index contributed by atoms with van der Waals surface area (Å²) in [6.07, 6.45) is -4.66. The molecular weight excluding hydrogens is 514 g/mol. The average Bonchev–Trinajstić information content (AvgIpc) is 3.22. The Kier molecular flexibility index (Phi) is 5.71. The average molecular weight is 531 g/mol. The number of alkyl halides is 3. The van der Waals surface area contributed by atoms with Crippen LogP contribution in [0.3, 0.4) is 0 Å². The first-order valence-corrected chi connectivity index (χ1v) is 11.8. The normalized spacial score (nSPS) is 15.0. The summed E-state index contributed by atoms with van der Waals surface area (Å²) in [4.78, 5) is 28.4. The summed E-state index contributed by atoms with van der Waals surface area (Å²) in [5, 5.41) is -0.0888. The molecule has 1 aromatic heterocycles. The molecule has 0 saturated heterocycles. The summed E-state index contributed by atoms with van der Waals surface area (Å²) in [5.41, 5.74) is -1.44. The Morgan fingerprint density at radius 1 is 0.795 bits per heavy atom. The van der Waals surface area contributed by atoms with Crippen LogP contribution in [0.4, 0.5) is 23.2 Å². The lowest BCUT2D eigenvalue weighted by atomic mass is 9.98. The predicted octanol–water partition coefficient (Wildman–Crippen LogP) is 7.49. The van der Waals surface area contributed by atoms with E-state index in [4.69, 9.17) is 9.15 Å². The minimum atomic E-state index is -4.66. The van der Waals surface area contributed by atoms with E-state index in [0.717, 1.165) is 29.2 Å². The first-order chi connectivity index (χ1) is 18.7. The van der Waals surface area contributed by atoms with Gasteiger partial charge >= 0.3 is 6.18 Å². The fraction of sp³-hybridized carbons (Fsp3) is 0.0667. The highest BCUT2D eigenvalue weighted by atomic mass is 19.4. The first kappa shape index (κ1) is 24.4. The van der Waals surface area contributed by atoms with Crippen molar-refractivity contribution in [3.05, 3.63) is 136 Å². The number of ether oxygens (including phenoxy) is 1. The number of fused-ring (bicyclic) bond motifs is 2. The van der Waals surface area contributed by atoms with E-state index >= 15 is 0 Å². The van der Waals surface area contributed by atoms with Crippen molar-refractivity contribution in [2.75, 3.05) is 4.90 Å². The highest BCUT2D eigenvalue weighted by molar-refractivity contribution is 6.10. The van der Waals surface area contributed by atoms with Gasteiger partial charge in [-0.2, -0.15) is 13.2 Å². The van der Waals surface area contributed by atoms with Crippen LogP contribution in [0.1, 0.15) is 33.3 Å². The molecule has 1 amide bonds. The van der Waals surface area contributed by atoms with Crippen molar-refractivity contribution in [1.29, 1.82) is 0 Å². The predicted molar refractivity (Wildman–Crippen MR) is 135 cm³/mol. The fourth-order valence-electron chi connectivity index (χ4n) is 4.73. The van der Waals surface area contributed by atoms with Crippen LogP contribution in [-0.2, 0) is 6.18 Å². The Hall–Kier alpha value is -4.92. The van der Waals surface area contributed by atoms with Gasteiger partial charge in [0.05, 0.1) is 22.6 Å². The third-order valence-electron chi connectivity index (χ3n) is 6.44. The highest BCUT2D eigenvalue weighted by Gasteiger charge is 2.44. The lowest BCUT2D eigenvalue weighted by Crippen LogP contribution is -2.29. The number of carbonyl (C=O) groups is 1. The van der Waals surface area contributed by atoms with Gasteiger partial charge in [-0.15, -0.1) is 0 Å². The van der Waals surface area contributed by atoms with Gasteiger partial charge in [-0.05, 0) is 66.2 Å². The Morgan fingerprint density at radius 3 is 2.31 bits per heavy atom. The summed E-state index contributed by atoms with van der Waals surface area (Å²) in [5.74, 6) is -0.889. The molecule has 2 heterocycles. The topological polar surface area (TPSA) is 59.8 Å². The summed E-state index contributed by atoms with van der Waals surface area (Å²) in [6.45, 7) is 0. The number of carbonyl (C=O) groups excluding carboxylic acids is 1. The third kappa shape index (κ3) is 4.31. The van der Waals surface area contributed by atoms with E-state index in [9.17, 15) is 27.2 Å². The van der Waals surface area contributed by atoms with Crippen molar-refractivity contribution in [2.45, 2.75) is 12.2 Å². The van der Waals surface area contributed by atoms with Gasteiger partial charge < -0.3 is 9.15 Å². The maximum atomic E-state index is 14.0. The van der Waals surface area contributed by atoms with E-state index in [1.807, 2.05) is 6.07 Å². The van der Waals surface area contributed by atoms with Crippen LogP contribution >= 0.6 is 0 Å². The minimum absolute atomic E-state index is 0.0145. The largest absolute Gasteiger partial charge is 0.457 e. The van der Waals surface area contributed by atoms with Crippen LogP contribution in [0.15, 0.2) is 106 Å². The van der Waals surface area contributed by atoms with Crippen molar-refractivity contribution in [2.24, 2.45) is 0 Å². The fourth-order valence-corrected chi connectivity index (χ4v) is 4.73. The van der Waals surface area contributed by atoms with Gasteiger partial charge in [-0.25, -0.2) is 4.39 Å². The second kappa shape index (κ2) is 9.13. The number of rotatable bonds is 4. The van der Waals surface area contributed by atoms with Gasteiger partial charge in [0.15, 0.2) is 5.43 Å². The molecule has 6 rings (SSSR count). The smallest absolute Gasteiger partial charge is 0.416 e. The maximum absolute atomic E-state index is 14.0. The number of hydrogen-bond acceptors (Lipinski definition) is 4. The van der Waals surface area contributed by atoms with E-state index in [1.54, 1.807) is 48.5 Å². The summed E-state index contributed by atoms with van der Waals surface area (Å²) < 4.78 is 66.4. The molecule has 4 aromatic carbocycles. The molecular formula is C30H17F4NO4. The van der Waals surface area contributed by atoms with Gasteiger partial charge in [-0.1, -0.05) is 36.4 Å². The Balaban J connectivity index is 1.56. The number of anilines is 1. The van der Waals surface area contributed by atoms with Crippen molar-refractivity contribution < 1.29 is 31.5 Å². The second-order valence-electron chi connectivity index (χ2n) is 8.93. The quantitative estimate of drug-likeness (QED) is 0.226. The molecule has 1 unspecified atom stereocenters. The van der Waals surface area contributed by atoms with Gasteiger partial charge in [0, 0.05) is 5.69 Å². The lowest BCUT2D eigenvalue weighted by Gasteiger charge is -2.26. The molecule has 5 aromatic rings. The van der Waals surface area contributed by atoms with Crippen molar-refractivity contribution >= 4 is 22.6 Å². The lowest BCUT2D eigenvalue weighted by molar-refractivity contribution is -0.137. The van der Waals surface area contributed by atoms with Crippen molar-refractivity contribution in [3.8, 4) is 11.5 Å². The molecule has 0 saturated carbocycles. The van der Waals surface area contributed by atoms with Crippen LogP contribution in [0.5, 0.6) is 11.5 Å². The molecule has 194 valence electrons. The monoisotopic (exact) mass is 531 g/mol. The van der Waals surface area contributed by atoms with Gasteiger partial charge in [0.25, 0.3) is 5.91 Å². The summed E-state index contributed by atoms with van der Waals surface area (Å²) in [7, 11) is 0. The number of benzene rings is 4. The third-order valence-corrected chi connectivity index (χ3v) is 6.44. The highest BCUT2D eigenvalue weighted by Crippen LogP contribution is 2.43. The number of hydrogen-bond donors (Lipinski definition) is 0. The number of halogens is 4. The molecule has 0 radical (unpaired) electrons. The van der Waals surface area contributed by atoms with Gasteiger partial charge in [0.1, 0.15) is 22.9 Å². The van der Waals surface area contributed by atoms with E-state index < -0.39 is 34.9 Å². The zero-order valence-corrected chi connectivity index (χ0v) is 19.9. The van der Waals surface area contributed by atoms with E-state index in [0.29, 0.717) is 17.1 Å². The Bertz CT molecular complexity index is 1800. The van der Waals surface area contributed by atoms with Crippen molar-refractivity contribution in [3.63, 3.8) is 0 Å². The van der Waals surface area contributed by atoms with Crippen LogP contribution < -0.4 is 15.1 Å². The Morgan fingerprint density at radius 2 is 1.54 bits per heavy atom. The molecule has 1 aliphatic rings. The first-order valence-electron chi connectivity index (χ1n) is 11.8.